The molecule has 1 rings (SSSR count). The van der Waals surface area contributed by atoms with Crippen molar-refractivity contribution in [1.29, 1.82) is 0 Å². The zero-order chi connectivity index (χ0) is 16.4. The van der Waals surface area contributed by atoms with Crippen molar-refractivity contribution in [1.82, 2.24) is 5.32 Å². The third kappa shape index (κ3) is 4.29. The van der Waals surface area contributed by atoms with E-state index in [1.54, 1.807) is 19.9 Å². The van der Waals surface area contributed by atoms with E-state index in [-0.39, 0.29) is 10.5 Å². The molecule has 7 heteroatoms. The summed E-state index contributed by atoms with van der Waals surface area (Å²) < 4.78 is 23.1. The number of carbonyl (C=O) groups is 2. The summed E-state index contributed by atoms with van der Waals surface area (Å²) in [5.41, 5.74) is 0.845. The summed E-state index contributed by atoms with van der Waals surface area (Å²) >= 11 is 0. The number of hydrogen-bond donors (Lipinski definition) is 2. The molecule has 1 aromatic rings. The summed E-state index contributed by atoms with van der Waals surface area (Å²) in [4.78, 5) is 23.1. The number of rotatable bonds is 5. The molecule has 6 nitrogen and oxygen atoms in total. The third-order valence-electron chi connectivity index (χ3n) is 3.38. The first-order valence-corrected chi connectivity index (χ1v) is 8.27. The van der Waals surface area contributed by atoms with E-state index in [0.717, 1.165) is 6.26 Å². The van der Waals surface area contributed by atoms with Crippen LogP contribution in [0.5, 0.6) is 0 Å². The van der Waals surface area contributed by atoms with Crippen molar-refractivity contribution < 1.29 is 23.1 Å². The van der Waals surface area contributed by atoms with E-state index in [2.05, 4.69) is 5.32 Å². The summed E-state index contributed by atoms with van der Waals surface area (Å²) in [5, 5.41) is 11.5. The highest BCUT2D eigenvalue weighted by Crippen LogP contribution is 2.16. The fraction of sp³-hybridized carbons (Fsp3) is 0.429. The maximum Gasteiger partial charge on any atom is 0.308 e. The molecule has 0 saturated carbocycles. The first-order chi connectivity index (χ1) is 9.54. The second-order valence-electron chi connectivity index (χ2n) is 5.14. The van der Waals surface area contributed by atoms with Gasteiger partial charge < -0.3 is 10.4 Å². The van der Waals surface area contributed by atoms with E-state index >= 15 is 0 Å². The van der Waals surface area contributed by atoms with Gasteiger partial charge in [0.05, 0.1) is 10.8 Å². The molecular weight excluding hydrogens is 294 g/mol. The van der Waals surface area contributed by atoms with Crippen LogP contribution in [0, 0.1) is 12.8 Å². The SMILES string of the molecule is Cc1ccc(S(C)(=O)=O)cc1C(=O)NC(C)C(C)C(=O)O. The number of benzene rings is 1. The lowest BCUT2D eigenvalue weighted by atomic mass is 10.0. The number of hydrogen-bond acceptors (Lipinski definition) is 4. The Balaban J connectivity index is 3.05. The second-order valence-corrected chi connectivity index (χ2v) is 7.15. The molecule has 1 aromatic carbocycles. The zero-order valence-electron chi connectivity index (χ0n) is 12.4. The molecule has 0 bridgehead atoms. The Morgan fingerprint density at radius 1 is 1.24 bits per heavy atom. The lowest BCUT2D eigenvalue weighted by molar-refractivity contribution is -0.141. The molecule has 0 saturated heterocycles. The molecule has 2 atom stereocenters. The van der Waals surface area contributed by atoms with Gasteiger partial charge >= 0.3 is 5.97 Å². The van der Waals surface area contributed by atoms with Crippen LogP contribution < -0.4 is 5.32 Å². The summed E-state index contributed by atoms with van der Waals surface area (Å²) in [6.07, 6.45) is 1.06. The summed E-state index contributed by atoms with van der Waals surface area (Å²) in [6.45, 7) is 4.77. The number of nitrogens with one attached hydrogen (secondary N) is 1. The molecule has 0 aliphatic carbocycles. The summed E-state index contributed by atoms with van der Waals surface area (Å²) in [5.74, 6) is -2.24. The molecule has 116 valence electrons. The predicted molar refractivity (Wildman–Crippen MR) is 78.0 cm³/mol. The molecule has 0 aliphatic heterocycles. The fourth-order valence-corrected chi connectivity index (χ4v) is 2.35. The third-order valence-corrected chi connectivity index (χ3v) is 4.49. The molecule has 0 aliphatic rings. The van der Waals surface area contributed by atoms with Crippen LogP contribution in [0.1, 0.15) is 29.8 Å². The second kappa shape index (κ2) is 6.26. The van der Waals surface area contributed by atoms with Gasteiger partial charge in [-0.15, -0.1) is 0 Å². The van der Waals surface area contributed by atoms with E-state index < -0.39 is 33.7 Å². The fourth-order valence-electron chi connectivity index (χ4n) is 1.70. The van der Waals surface area contributed by atoms with Gasteiger partial charge in [0.25, 0.3) is 5.91 Å². The largest absolute Gasteiger partial charge is 0.481 e. The van der Waals surface area contributed by atoms with E-state index in [1.165, 1.54) is 19.1 Å². The molecule has 1 amide bonds. The van der Waals surface area contributed by atoms with Gasteiger partial charge in [-0.3, -0.25) is 9.59 Å². The molecule has 0 radical (unpaired) electrons. The molecule has 0 aromatic heterocycles. The number of carboxylic acid groups (broad SMARTS) is 1. The van der Waals surface area contributed by atoms with Gasteiger partial charge in [-0.25, -0.2) is 8.42 Å². The van der Waals surface area contributed by atoms with Crippen molar-refractivity contribution >= 4 is 21.7 Å². The summed E-state index contributed by atoms with van der Waals surface area (Å²) in [6, 6.07) is 3.72. The van der Waals surface area contributed by atoms with Crippen molar-refractivity contribution in [3.63, 3.8) is 0 Å². The Kier molecular flexibility index (Phi) is 5.11. The molecule has 21 heavy (non-hydrogen) atoms. The zero-order valence-corrected chi connectivity index (χ0v) is 13.2. The Morgan fingerprint density at radius 3 is 2.29 bits per heavy atom. The smallest absolute Gasteiger partial charge is 0.308 e. The van der Waals surface area contributed by atoms with Gasteiger partial charge in [0.1, 0.15) is 0 Å². The Hall–Kier alpha value is -1.89. The average Bonchev–Trinajstić information content (AvgIpc) is 2.36. The molecule has 0 spiro atoms. The van der Waals surface area contributed by atoms with Gasteiger partial charge in [-0.1, -0.05) is 6.07 Å². The van der Waals surface area contributed by atoms with Crippen molar-refractivity contribution in [2.75, 3.05) is 6.26 Å². The minimum atomic E-state index is -3.41. The van der Waals surface area contributed by atoms with Crippen molar-refractivity contribution in [3.05, 3.63) is 29.3 Å². The van der Waals surface area contributed by atoms with Crippen LogP contribution >= 0.6 is 0 Å². The number of aryl methyl sites for hydroxylation is 1. The van der Waals surface area contributed by atoms with E-state index in [0.29, 0.717) is 5.56 Å². The minimum absolute atomic E-state index is 0.0530. The van der Waals surface area contributed by atoms with E-state index in [1.807, 2.05) is 0 Å². The lowest BCUT2D eigenvalue weighted by Gasteiger charge is -2.18. The number of amides is 1. The number of aliphatic carboxylic acids is 1. The highest BCUT2D eigenvalue weighted by atomic mass is 32.2. The van der Waals surface area contributed by atoms with Crippen LogP contribution in [-0.4, -0.2) is 37.7 Å². The number of carboxylic acids is 1. The van der Waals surface area contributed by atoms with Crippen molar-refractivity contribution in [2.45, 2.75) is 31.7 Å². The quantitative estimate of drug-likeness (QED) is 0.851. The average molecular weight is 313 g/mol. The topological polar surface area (TPSA) is 101 Å². The highest BCUT2D eigenvalue weighted by Gasteiger charge is 2.22. The van der Waals surface area contributed by atoms with Crippen molar-refractivity contribution in [2.24, 2.45) is 5.92 Å². The Labute approximate surface area is 124 Å². The maximum atomic E-state index is 12.2. The van der Waals surface area contributed by atoms with Crippen molar-refractivity contribution in [3.8, 4) is 0 Å². The van der Waals surface area contributed by atoms with Crippen LogP contribution in [0.4, 0.5) is 0 Å². The number of sulfone groups is 1. The predicted octanol–water partition coefficient (Wildman–Crippen LogP) is 1.24. The van der Waals surface area contributed by atoms with Gasteiger partial charge in [0.2, 0.25) is 0 Å². The van der Waals surface area contributed by atoms with Crippen LogP contribution in [0.3, 0.4) is 0 Å². The van der Waals surface area contributed by atoms with E-state index in [9.17, 15) is 18.0 Å². The van der Waals surface area contributed by atoms with Gasteiger partial charge in [0.15, 0.2) is 9.84 Å². The van der Waals surface area contributed by atoms with E-state index in [4.69, 9.17) is 5.11 Å². The molecule has 2 unspecified atom stereocenters. The van der Waals surface area contributed by atoms with Gasteiger partial charge in [-0.2, -0.15) is 0 Å². The van der Waals surface area contributed by atoms with Crippen LogP contribution in [0.25, 0.3) is 0 Å². The first kappa shape index (κ1) is 17.2. The first-order valence-electron chi connectivity index (χ1n) is 6.38. The van der Waals surface area contributed by atoms with Gasteiger partial charge in [0, 0.05) is 17.9 Å². The molecular formula is C14H19NO5S. The van der Waals surface area contributed by atoms with Gasteiger partial charge in [-0.05, 0) is 38.5 Å². The lowest BCUT2D eigenvalue weighted by Crippen LogP contribution is -2.40. The normalized spacial score (nSPS) is 14.3. The number of carbonyl (C=O) groups excluding carboxylic acids is 1. The van der Waals surface area contributed by atoms with Crippen LogP contribution in [0.15, 0.2) is 23.1 Å². The molecule has 0 fully saturated rings. The van der Waals surface area contributed by atoms with Crippen LogP contribution in [-0.2, 0) is 14.6 Å². The Bertz CT molecular complexity index is 666. The standard InChI is InChI=1S/C14H19NO5S/c1-8-5-6-11(21(4,19)20)7-12(8)13(16)15-10(3)9(2)14(17)18/h5-7,9-10H,1-4H3,(H,15,16)(H,17,18). The monoisotopic (exact) mass is 313 g/mol. The molecule has 0 heterocycles. The molecule has 2 N–H and O–H groups in total. The maximum absolute atomic E-state index is 12.2. The summed E-state index contributed by atoms with van der Waals surface area (Å²) in [7, 11) is -3.41. The van der Waals surface area contributed by atoms with Crippen LogP contribution in [0.2, 0.25) is 0 Å². The Morgan fingerprint density at radius 2 is 1.81 bits per heavy atom. The minimum Gasteiger partial charge on any atom is -0.481 e. The highest BCUT2D eigenvalue weighted by molar-refractivity contribution is 7.90.